The quantitative estimate of drug-likeness (QED) is 0.326. The molecule has 1 heterocycles. The molecule has 1 atom stereocenters. The Kier molecular flexibility index (Phi) is 5.49. The number of nitro benzene ring substituents is 1. The summed E-state index contributed by atoms with van der Waals surface area (Å²) in [6.07, 6.45) is 0.540. The molecule has 0 bridgehead atoms. The molecule has 1 aromatic carbocycles. The number of aliphatic carboxylic acids is 2. The van der Waals surface area contributed by atoms with Gasteiger partial charge in [-0.05, 0) is 11.6 Å². The normalized spacial score (nSPS) is 17.0. The van der Waals surface area contributed by atoms with Gasteiger partial charge in [-0.25, -0.2) is 4.79 Å². The minimum Gasteiger partial charge on any atom is -0.481 e. The first-order valence-corrected chi connectivity index (χ1v) is 7.89. The minimum absolute atomic E-state index is 0.0575. The van der Waals surface area contributed by atoms with E-state index < -0.39 is 35.2 Å². The zero-order valence-corrected chi connectivity index (χ0v) is 14.0. The zero-order valence-electron chi connectivity index (χ0n) is 12.3. The van der Waals surface area contributed by atoms with Gasteiger partial charge in [0.1, 0.15) is 10.4 Å². The lowest BCUT2D eigenvalue weighted by Crippen LogP contribution is -2.45. The van der Waals surface area contributed by atoms with Gasteiger partial charge in [0.25, 0.3) is 11.6 Å². The number of non-ortho nitro benzene ring substituents is 1. The molecule has 1 fully saturated rings. The molecule has 2 N–H and O–H groups in total. The SMILES string of the molecule is O=C(O)C[C@@H](C(=O)O)N1C(=O)/C(=C\c2cccc([N+](=O)[O-])c2)SC1=S. The highest BCUT2D eigenvalue weighted by molar-refractivity contribution is 8.26. The van der Waals surface area contributed by atoms with E-state index in [1.165, 1.54) is 30.3 Å². The van der Waals surface area contributed by atoms with Gasteiger partial charge in [-0.3, -0.25) is 24.6 Å². The maximum atomic E-state index is 12.4. The fraction of sp³-hybridized carbons (Fsp3) is 0.143. The smallest absolute Gasteiger partial charge is 0.327 e. The number of thioether (sulfide) groups is 1. The monoisotopic (exact) mass is 382 g/mol. The summed E-state index contributed by atoms with van der Waals surface area (Å²) in [7, 11) is 0. The van der Waals surface area contributed by atoms with E-state index in [2.05, 4.69) is 0 Å². The molecule has 1 aliphatic rings. The Hall–Kier alpha value is -2.79. The van der Waals surface area contributed by atoms with Crippen LogP contribution in [0.2, 0.25) is 0 Å². The Morgan fingerprint density at radius 1 is 1.40 bits per heavy atom. The van der Waals surface area contributed by atoms with E-state index >= 15 is 0 Å². The number of carbonyl (C=O) groups is 3. The van der Waals surface area contributed by atoms with Crippen molar-refractivity contribution in [2.45, 2.75) is 12.5 Å². The third-order valence-corrected chi connectivity index (χ3v) is 4.50. The number of carboxylic acid groups (broad SMARTS) is 2. The molecule has 0 spiro atoms. The van der Waals surface area contributed by atoms with Gasteiger partial charge in [0.15, 0.2) is 0 Å². The summed E-state index contributed by atoms with van der Waals surface area (Å²) < 4.78 is -0.0877. The van der Waals surface area contributed by atoms with Gasteiger partial charge in [0.2, 0.25) is 0 Å². The Labute approximate surface area is 150 Å². The molecule has 0 aromatic heterocycles. The van der Waals surface area contributed by atoms with Crippen molar-refractivity contribution in [2.75, 3.05) is 0 Å². The first-order valence-electron chi connectivity index (χ1n) is 6.67. The summed E-state index contributed by atoms with van der Waals surface area (Å²) in [5.74, 6) is -3.63. The molecule has 130 valence electrons. The summed E-state index contributed by atoms with van der Waals surface area (Å²) in [4.78, 5) is 45.5. The van der Waals surface area contributed by atoms with Crippen LogP contribution in [-0.2, 0) is 14.4 Å². The number of hydrogen-bond donors (Lipinski definition) is 2. The lowest BCUT2D eigenvalue weighted by atomic mass is 10.1. The number of thiocarbonyl (C=S) groups is 1. The molecule has 1 saturated heterocycles. The predicted molar refractivity (Wildman–Crippen MR) is 91.8 cm³/mol. The lowest BCUT2D eigenvalue weighted by Gasteiger charge is -2.21. The molecule has 1 amide bonds. The molecule has 1 aromatic rings. The minimum atomic E-state index is -1.62. The summed E-state index contributed by atoms with van der Waals surface area (Å²) in [5.41, 5.74) is 0.193. The highest BCUT2D eigenvalue weighted by Crippen LogP contribution is 2.35. The number of carboxylic acids is 2. The Bertz CT molecular complexity index is 821. The summed E-state index contributed by atoms with van der Waals surface area (Å²) >= 11 is 5.80. The van der Waals surface area contributed by atoms with Crippen LogP contribution in [0.25, 0.3) is 6.08 Å². The van der Waals surface area contributed by atoms with Crippen LogP contribution in [0, 0.1) is 10.1 Å². The molecule has 25 heavy (non-hydrogen) atoms. The summed E-state index contributed by atoms with van der Waals surface area (Å²) in [6, 6.07) is 3.88. The number of carbonyl (C=O) groups excluding carboxylic acids is 1. The lowest BCUT2D eigenvalue weighted by molar-refractivity contribution is -0.384. The van der Waals surface area contributed by atoms with Crippen LogP contribution in [0.3, 0.4) is 0 Å². The van der Waals surface area contributed by atoms with Crippen molar-refractivity contribution < 1.29 is 29.5 Å². The maximum Gasteiger partial charge on any atom is 0.327 e. The number of nitro groups is 1. The molecule has 0 radical (unpaired) electrons. The predicted octanol–water partition coefficient (Wildman–Crippen LogP) is 1.72. The van der Waals surface area contributed by atoms with Gasteiger partial charge >= 0.3 is 11.9 Å². The molecule has 0 aliphatic carbocycles. The van der Waals surface area contributed by atoms with Crippen molar-refractivity contribution in [2.24, 2.45) is 0 Å². The van der Waals surface area contributed by atoms with Gasteiger partial charge < -0.3 is 10.2 Å². The zero-order chi connectivity index (χ0) is 18.7. The number of benzene rings is 1. The topological polar surface area (TPSA) is 138 Å². The Morgan fingerprint density at radius 3 is 2.64 bits per heavy atom. The average molecular weight is 382 g/mol. The Morgan fingerprint density at radius 2 is 2.08 bits per heavy atom. The molecule has 2 rings (SSSR count). The largest absolute Gasteiger partial charge is 0.481 e. The van der Waals surface area contributed by atoms with Gasteiger partial charge in [-0.15, -0.1) is 0 Å². The van der Waals surface area contributed by atoms with Crippen LogP contribution in [0.4, 0.5) is 5.69 Å². The Balaban J connectivity index is 2.34. The molecule has 0 unspecified atom stereocenters. The van der Waals surface area contributed by atoms with Crippen molar-refractivity contribution in [1.82, 2.24) is 4.90 Å². The van der Waals surface area contributed by atoms with Crippen LogP contribution in [0.15, 0.2) is 29.2 Å². The van der Waals surface area contributed by atoms with E-state index in [0.717, 1.165) is 16.7 Å². The average Bonchev–Trinajstić information content (AvgIpc) is 2.79. The van der Waals surface area contributed by atoms with E-state index in [0.29, 0.717) is 5.56 Å². The highest BCUT2D eigenvalue weighted by atomic mass is 32.2. The molecular formula is C14H10N2O7S2. The highest BCUT2D eigenvalue weighted by Gasteiger charge is 2.41. The maximum absolute atomic E-state index is 12.4. The van der Waals surface area contributed by atoms with Crippen LogP contribution in [-0.4, -0.2) is 48.2 Å². The van der Waals surface area contributed by atoms with Crippen molar-refractivity contribution in [3.8, 4) is 0 Å². The molecular weight excluding hydrogens is 372 g/mol. The third-order valence-electron chi connectivity index (χ3n) is 3.17. The van der Waals surface area contributed by atoms with E-state index in [1.54, 1.807) is 0 Å². The number of hydrogen-bond acceptors (Lipinski definition) is 7. The van der Waals surface area contributed by atoms with E-state index in [1.807, 2.05) is 0 Å². The summed E-state index contributed by atoms with van der Waals surface area (Å²) in [6.45, 7) is 0. The molecule has 11 heteroatoms. The van der Waals surface area contributed by atoms with Gasteiger partial charge in [0.05, 0.1) is 16.2 Å². The standard InChI is InChI=1S/C14H10N2O7S2/c17-11(18)6-9(13(20)21)15-12(19)10(25-14(15)24)5-7-2-1-3-8(4-7)16(22)23/h1-5,9H,6H2,(H,17,18)(H,20,21)/b10-5+/t9-/m0/s1. The molecule has 9 nitrogen and oxygen atoms in total. The number of nitrogens with zero attached hydrogens (tertiary/aromatic N) is 2. The van der Waals surface area contributed by atoms with Gasteiger partial charge in [-0.2, -0.15) is 0 Å². The second-order valence-electron chi connectivity index (χ2n) is 4.86. The van der Waals surface area contributed by atoms with Crippen molar-refractivity contribution in [3.63, 3.8) is 0 Å². The van der Waals surface area contributed by atoms with E-state index in [4.69, 9.17) is 17.3 Å². The first kappa shape index (κ1) is 18.5. The third kappa shape index (κ3) is 4.19. The fourth-order valence-corrected chi connectivity index (χ4v) is 3.44. The number of amides is 1. The molecule has 0 saturated carbocycles. The van der Waals surface area contributed by atoms with Crippen molar-refractivity contribution in [1.29, 1.82) is 0 Å². The van der Waals surface area contributed by atoms with Crippen LogP contribution < -0.4 is 0 Å². The van der Waals surface area contributed by atoms with Crippen molar-refractivity contribution in [3.05, 3.63) is 44.8 Å². The molecule has 1 aliphatic heterocycles. The van der Waals surface area contributed by atoms with E-state index in [-0.39, 0.29) is 14.9 Å². The van der Waals surface area contributed by atoms with Gasteiger partial charge in [-0.1, -0.05) is 36.1 Å². The van der Waals surface area contributed by atoms with Crippen LogP contribution in [0.1, 0.15) is 12.0 Å². The van der Waals surface area contributed by atoms with E-state index in [9.17, 15) is 29.6 Å². The van der Waals surface area contributed by atoms with Crippen LogP contribution >= 0.6 is 24.0 Å². The van der Waals surface area contributed by atoms with Crippen molar-refractivity contribution >= 4 is 57.9 Å². The van der Waals surface area contributed by atoms with Gasteiger partial charge in [0, 0.05) is 12.1 Å². The van der Waals surface area contributed by atoms with Crippen LogP contribution in [0.5, 0.6) is 0 Å². The first-order chi connectivity index (χ1) is 11.7. The second kappa shape index (κ2) is 7.40. The fourth-order valence-electron chi connectivity index (χ4n) is 2.08. The number of rotatable bonds is 6. The summed E-state index contributed by atoms with van der Waals surface area (Å²) in [5, 5.41) is 28.8. The second-order valence-corrected chi connectivity index (χ2v) is 6.53.